The number of allylic oxidation sites excluding steroid dienone is 5. The summed E-state index contributed by atoms with van der Waals surface area (Å²) < 4.78 is 0. The molecule has 1 aliphatic carbocycles. The van der Waals surface area contributed by atoms with Gasteiger partial charge in [-0.1, -0.05) is 36.8 Å². The summed E-state index contributed by atoms with van der Waals surface area (Å²) in [5.74, 6) is 0. The summed E-state index contributed by atoms with van der Waals surface area (Å²) in [4.78, 5) is 0. The molecule has 1 rings (SSSR count). The lowest BCUT2D eigenvalue weighted by atomic mass is 10.1. The Morgan fingerprint density at radius 3 is 2.92 bits per heavy atom. The molecule has 0 amide bonds. The highest BCUT2D eigenvalue weighted by atomic mass is 16.2. The molecule has 1 nitrogen and oxygen atoms in total. The molecule has 0 fully saturated rings. The van der Waals surface area contributed by atoms with Crippen LogP contribution >= 0.6 is 0 Å². The Bertz CT molecular complexity index is 211. The Kier molecular flexibility index (Phi) is 5.27. The van der Waals surface area contributed by atoms with Crippen LogP contribution in [0.1, 0.15) is 32.1 Å². The van der Waals surface area contributed by atoms with E-state index in [0.29, 0.717) is 0 Å². The summed E-state index contributed by atoms with van der Waals surface area (Å²) in [5, 5.41) is 8.64. The lowest BCUT2D eigenvalue weighted by Crippen LogP contribution is -1.76. The Hall–Kier alpha value is -0.820. The van der Waals surface area contributed by atoms with Gasteiger partial charge in [0.05, 0.1) is 6.61 Å². The maximum atomic E-state index is 8.64. The fourth-order valence-corrected chi connectivity index (χ4v) is 1.45. The second kappa shape index (κ2) is 6.67. The highest BCUT2D eigenvalue weighted by Crippen LogP contribution is 2.11. The molecular formula is C12H18O. The van der Waals surface area contributed by atoms with Gasteiger partial charge in [0.2, 0.25) is 0 Å². The van der Waals surface area contributed by atoms with Crippen LogP contribution in [0.4, 0.5) is 0 Å². The molecule has 0 atom stereocenters. The first-order valence-electron chi connectivity index (χ1n) is 5.07. The second-order valence-electron chi connectivity index (χ2n) is 3.33. The highest BCUT2D eigenvalue weighted by molar-refractivity contribution is 5.30. The van der Waals surface area contributed by atoms with E-state index in [4.69, 9.17) is 5.11 Å². The average Bonchev–Trinajstić information content (AvgIpc) is 2.28. The van der Waals surface area contributed by atoms with Crippen molar-refractivity contribution in [1.82, 2.24) is 0 Å². The van der Waals surface area contributed by atoms with Crippen LogP contribution < -0.4 is 0 Å². The van der Waals surface area contributed by atoms with Gasteiger partial charge in [-0.2, -0.15) is 0 Å². The third kappa shape index (κ3) is 4.69. The summed E-state index contributed by atoms with van der Waals surface area (Å²) in [6.45, 7) is 0.130. The molecule has 0 spiro atoms. The monoisotopic (exact) mass is 178 g/mol. The van der Waals surface area contributed by atoms with E-state index in [1.54, 1.807) is 6.08 Å². The van der Waals surface area contributed by atoms with E-state index in [-0.39, 0.29) is 6.61 Å². The van der Waals surface area contributed by atoms with Crippen LogP contribution in [0.25, 0.3) is 0 Å². The first kappa shape index (κ1) is 10.3. The van der Waals surface area contributed by atoms with Crippen molar-refractivity contribution in [2.75, 3.05) is 6.61 Å². The zero-order valence-electron chi connectivity index (χ0n) is 8.08. The smallest absolute Gasteiger partial charge is 0.0615 e. The van der Waals surface area contributed by atoms with Gasteiger partial charge < -0.3 is 5.11 Å². The maximum Gasteiger partial charge on any atom is 0.0615 e. The molecule has 13 heavy (non-hydrogen) atoms. The predicted molar refractivity (Wildman–Crippen MR) is 56.5 cm³/mol. The highest BCUT2D eigenvalue weighted by Gasteiger charge is 1.92. The van der Waals surface area contributed by atoms with Crippen molar-refractivity contribution in [3.63, 3.8) is 0 Å². The van der Waals surface area contributed by atoms with Crippen molar-refractivity contribution in [2.45, 2.75) is 32.1 Å². The SMILES string of the molecule is OC/C=C/C1=C/CCCCC/C=C\1. The summed E-state index contributed by atoms with van der Waals surface area (Å²) in [5.41, 5.74) is 1.23. The molecule has 0 aliphatic heterocycles. The van der Waals surface area contributed by atoms with E-state index in [1.807, 2.05) is 6.08 Å². The van der Waals surface area contributed by atoms with E-state index in [9.17, 15) is 0 Å². The summed E-state index contributed by atoms with van der Waals surface area (Å²) in [6, 6.07) is 0. The van der Waals surface area contributed by atoms with Crippen molar-refractivity contribution in [3.05, 3.63) is 36.0 Å². The van der Waals surface area contributed by atoms with Gasteiger partial charge in [0, 0.05) is 0 Å². The Morgan fingerprint density at radius 2 is 2.08 bits per heavy atom. The topological polar surface area (TPSA) is 20.2 Å². The lowest BCUT2D eigenvalue weighted by molar-refractivity contribution is 0.342. The van der Waals surface area contributed by atoms with Gasteiger partial charge in [-0.25, -0.2) is 0 Å². The lowest BCUT2D eigenvalue weighted by Gasteiger charge is -1.93. The Balaban J connectivity index is 2.54. The van der Waals surface area contributed by atoms with Crippen molar-refractivity contribution in [1.29, 1.82) is 0 Å². The maximum absolute atomic E-state index is 8.64. The van der Waals surface area contributed by atoms with Crippen LogP contribution in [-0.4, -0.2) is 11.7 Å². The van der Waals surface area contributed by atoms with Gasteiger partial charge in [0.1, 0.15) is 0 Å². The van der Waals surface area contributed by atoms with Gasteiger partial charge in [-0.3, -0.25) is 0 Å². The van der Waals surface area contributed by atoms with Crippen LogP contribution in [0, 0.1) is 0 Å². The summed E-state index contributed by atoms with van der Waals surface area (Å²) >= 11 is 0. The van der Waals surface area contributed by atoms with Crippen molar-refractivity contribution >= 4 is 0 Å². The first-order chi connectivity index (χ1) is 6.43. The number of rotatable bonds is 2. The molecule has 0 aromatic rings. The molecule has 0 aromatic carbocycles. The first-order valence-corrected chi connectivity index (χ1v) is 5.07. The van der Waals surface area contributed by atoms with Crippen LogP contribution in [0.15, 0.2) is 36.0 Å². The molecule has 0 aromatic heterocycles. The van der Waals surface area contributed by atoms with Gasteiger partial charge in [0.15, 0.2) is 0 Å². The number of aliphatic hydroxyl groups is 1. The van der Waals surface area contributed by atoms with Gasteiger partial charge in [-0.15, -0.1) is 0 Å². The zero-order valence-corrected chi connectivity index (χ0v) is 8.08. The quantitative estimate of drug-likeness (QED) is 0.689. The molecular weight excluding hydrogens is 160 g/mol. The molecule has 0 saturated carbocycles. The number of hydrogen-bond donors (Lipinski definition) is 1. The van der Waals surface area contributed by atoms with Gasteiger partial charge >= 0.3 is 0 Å². The minimum Gasteiger partial charge on any atom is -0.392 e. The van der Waals surface area contributed by atoms with E-state index in [0.717, 1.165) is 6.42 Å². The molecule has 1 N–H and O–H groups in total. The minimum atomic E-state index is 0.130. The third-order valence-electron chi connectivity index (χ3n) is 2.18. The molecule has 1 aliphatic rings. The minimum absolute atomic E-state index is 0.130. The third-order valence-corrected chi connectivity index (χ3v) is 2.18. The largest absolute Gasteiger partial charge is 0.392 e. The van der Waals surface area contributed by atoms with Crippen LogP contribution in [0.5, 0.6) is 0 Å². The molecule has 0 radical (unpaired) electrons. The average molecular weight is 178 g/mol. The van der Waals surface area contributed by atoms with Crippen molar-refractivity contribution < 1.29 is 5.11 Å². The number of hydrogen-bond acceptors (Lipinski definition) is 1. The standard InChI is InChI=1S/C12H18O/c13-11-7-10-12-8-5-3-1-2-4-6-9-12/h5,7-10,13H,1-4,6,11H2/b8-5-,10-7+,12-9+. The van der Waals surface area contributed by atoms with E-state index < -0.39 is 0 Å². The predicted octanol–water partition coefficient (Wildman–Crippen LogP) is 2.98. The molecule has 0 bridgehead atoms. The molecule has 0 heterocycles. The van der Waals surface area contributed by atoms with Crippen molar-refractivity contribution in [2.24, 2.45) is 0 Å². The summed E-state index contributed by atoms with van der Waals surface area (Å²) in [6.07, 6.45) is 16.7. The molecule has 72 valence electrons. The summed E-state index contributed by atoms with van der Waals surface area (Å²) in [7, 11) is 0. The van der Waals surface area contributed by atoms with Gasteiger partial charge in [0.25, 0.3) is 0 Å². The zero-order chi connectivity index (χ0) is 9.36. The fourth-order valence-electron chi connectivity index (χ4n) is 1.45. The van der Waals surface area contributed by atoms with E-state index >= 15 is 0 Å². The van der Waals surface area contributed by atoms with Crippen LogP contribution in [0.3, 0.4) is 0 Å². The van der Waals surface area contributed by atoms with E-state index in [1.165, 1.54) is 31.3 Å². The van der Waals surface area contributed by atoms with Crippen molar-refractivity contribution in [3.8, 4) is 0 Å². The number of aliphatic hydroxyl groups excluding tert-OH is 1. The normalized spacial score (nSPS) is 25.8. The molecule has 0 unspecified atom stereocenters. The fraction of sp³-hybridized carbons (Fsp3) is 0.500. The van der Waals surface area contributed by atoms with E-state index in [2.05, 4.69) is 18.2 Å². The molecule has 1 heteroatoms. The molecule has 0 saturated heterocycles. The Labute approximate surface area is 80.5 Å². The van der Waals surface area contributed by atoms with Crippen LogP contribution in [0.2, 0.25) is 0 Å². The van der Waals surface area contributed by atoms with Crippen LogP contribution in [-0.2, 0) is 0 Å². The van der Waals surface area contributed by atoms with Gasteiger partial charge in [-0.05, 0) is 31.3 Å². The second-order valence-corrected chi connectivity index (χ2v) is 3.33. The Morgan fingerprint density at radius 1 is 1.23 bits per heavy atom.